The highest BCUT2D eigenvalue weighted by atomic mass is 15.6. The van der Waals surface area contributed by atoms with Crippen molar-refractivity contribution in [3.63, 3.8) is 0 Å². The summed E-state index contributed by atoms with van der Waals surface area (Å²) >= 11 is 0. The monoisotopic (exact) mass is 156 g/mol. The molecule has 1 rings (SSSR count). The van der Waals surface area contributed by atoms with E-state index >= 15 is 0 Å². The third kappa shape index (κ3) is 2.46. The summed E-state index contributed by atoms with van der Waals surface area (Å²) in [6, 6.07) is 0. The average molecular weight is 156 g/mol. The molecule has 2 nitrogen and oxygen atoms in total. The molecule has 0 spiro atoms. The standard InChI is InChI=1S/C9H20N2/c1-4-10-6-5-7-11(10)8-9(2)3/h9H,4-8H2,1-3H3. The average Bonchev–Trinajstić information content (AvgIpc) is 2.34. The van der Waals surface area contributed by atoms with Gasteiger partial charge in [0.05, 0.1) is 0 Å². The number of hydrogen-bond acceptors (Lipinski definition) is 2. The molecule has 0 aromatic rings. The predicted molar refractivity (Wildman–Crippen MR) is 48.3 cm³/mol. The van der Waals surface area contributed by atoms with E-state index in [1.807, 2.05) is 0 Å². The van der Waals surface area contributed by atoms with Gasteiger partial charge < -0.3 is 0 Å². The van der Waals surface area contributed by atoms with Gasteiger partial charge in [0.1, 0.15) is 0 Å². The van der Waals surface area contributed by atoms with Crippen molar-refractivity contribution in [2.24, 2.45) is 5.92 Å². The van der Waals surface area contributed by atoms with Gasteiger partial charge in [-0.3, -0.25) is 0 Å². The van der Waals surface area contributed by atoms with Gasteiger partial charge in [0.25, 0.3) is 0 Å². The van der Waals surface area contributed by atoms with Crippen LogP contribution in [0.2, 0.25) is 0 Å². The molecule has 11 heavy (non-hydrogen) atoms. The van der Waals surface area contributed by atoms with Crippen molar-refractivity contribution in [2.45, 2.75) is 27.2 Å². The Morgan fingerprint density at radius 3 is 2.36 bits per heavy atom. The van der Waals surface area contributed by atoms with Crippen LogP contribution in [0.5, 0.6) is 0 Å². The van der Waals surface area contributed by atoms with Crippen molar-refractivity contribution in [3.05, 3.63) is 0 Å². The van der Waals surface area contributed by atoms with Crippen molar-refractivity contribution in [1.82, 2.24) is 10.0 Å². The van der Waals surface area contributed by atoms with Gasteiger partial charge in [-0.1, -0.05) is 20.8 Å². The second kappa shape index (κ2) is 4.07. The molecule has 1 fully saturated rings. The second-order valence-electron chi connectivity index (χ2n) is 3.71. The molecule has 0 radical (unpaired) electrons. The zero-order valence-corrected chi connectivity index (χ0v) is 8.01. The normalized spacial score (nSPS) is 21.8. The van der Waals surface area contributed by atoms with E-state index in [2.05, 4.69) is 30.8 Å². The summed E-state index contributed by atoms with van der Waals surface area (Å²) in [7, 11) is 0. The molecule has 0 bridgehead atoms. The van der Waals surface area contributed by atoms with Crippen molar-refractivity contribution in [1.29, 1.82) is 0 Å². The van der Waals surface area contributed by atoms with Crippen LogP contribution in [0.15, 0.2) is 0 Å². The van der Waals surface area contributed by atoms with Crippen LogP contribution in [0, 0.1) is 5.92 Å². The van der Waals surface area contributed by atoms with E-state index in [0.717, 1.165) is 5.92 Å². The second-order valence-corrected chi connectivity index (χ2v) is 3.71. The lowest BCUT2D eigenvalue weighted by atomic mass is 10.2. The van der Waals surface area contributed by atoms with Crippen LogP contribution >= 0.6 is 0 Å². The van der Waals surface area contributed by atoms with E-state index in [-0.39, 0.29) is 0 Å². The van der Waals surface area contributed by atoms with Gasteiger partial charge in [-0.25, -0.2) is 10.0 Å². The molecule has 0 aromatic heterocycles. The molecule has 0 aliphatic carbocycles. The molecule has 0 unspecified atom stereocenters. The largest absolute Gasteiger partial charge is 0.242 e. The lowest BCUT2D eigenvalue weighted by Gasteiger charge is -2.27. The first kappa shape index (κ1) is 9.01. The summed E-state index contributed by atoms with van der Waals surface area (Å²) < 4.78 is 0. The van der Waals surface area contributed by atoms with Crippen LogP contribution in [-0.4, -0.2) is 36.2 Å². The minimum absolute atomic E-state index is 0.794. The van der Waals surface area contributed by atoms with Crippen LogP contribution in [0.25, 0.3) is 0 Å². The Morgan fingerprint density at radius 1 is 1.18 bits per heavy atom. The Kier molecular flexibility index (Phi) is 3.34. The summed E-state index contributed by atoms with van der Waals surface area (Å²) in [6.45, 7) is 11.7. The summed E-state index contributed by atoms with van der Waals surface area (Å²) in [5.74, 6) is 0.794. The third-order valence-corrected chi connectivity index (χ3v) is 2.17. The van der Waals surface area contributed by atoms with Gasteiger partial charge in [0.2, 0.25) is 0 Å². The predicted octanol–water partition coefficient (Wildman–Crippen LogP) is 1.58. The number of rotatable bonds is 3. The van der Waals surface area contributed by atoms with Gasteiger partial charge >= 0.3 is 0 Å². The summed E-state index contributed by atoms with van der Waals surface area (Å²) in [5, 5.41) is 4.95. The van der Waals surface area contributed by atoms with Crippen LogP contribution in [0.4, 0.5) is 0 Å². The first-order chi connectivity index (χ1) is 5.24. The molecule has 1 aliphatic rings. The third-order valence-electron chi connectivity index (χ3n) is 2.17. The highest BCUT2D eigenvalue weighted by Crippen LogP contribution is 2.11. The smallest absolute Gasteiger partial charge is 0.0156 e. The fourth-order valence-corrected chi connectivity index (χ4v) is 1.70. The Bertz CT molecular complexity index is 112. The Hall–Kier alpha value is -0.0800. The van der Waals surface area contributed by atoms with Crippen molar-refractivity contribution >= 4 is 0 Å². The maximum Gasteiger partial charge on any atom is 0.0156 e. The van der Waals surface area contributed by atoms with E-state index in [1.165, 1.54) is 32.6 Å². The molecule has 2 heteroatoms. The molecular weight excluding hydrogens is 136 g/mol. The molecule has 1 aliphatic heterocycles. The van der Waals surface area contributed by atoms with Crippen LogP contribution in [0.3, 0.4) is 0 Å². The first-order valence-corrected chi connectivity index (χ1v) is 4.73. The zero-order valence-electron chi connectivity index (χ0n) is 8.01. The quantitative estimate of drug-likeness (QED) is 0.612. The zero-order chi connectivity index (χ0) is 8.27. The summed E-state index contributed by atoms with van der Waals surface area (Å²) in [4.78, 5) is 0. The molecule has 0 saturated carbocycles. The number of hydrazine groups is 1. The van der Waals surface area contributed by atoms with Crippen LogP contribution in [-0.2, 0) is 0 Å². The van der Waals surface area contributed by atoms with E-state index in [1.54, 1.807) is 0 Å². The molecule has 1 heterocycles. The molecule has 0 N–H and O–H groups in total. The number of nitrogens with zero attached hydrogens (tertiary/aromatic N) is 2. The lowest BCUT2D eigenvalue weighted by molar-refractivity contribution is 0.0221. The van der Waals surface area contributed by atoms with Gasteiger partial charge in [-0.05, 0) is 12.3 Å². The highest BCUT2D eigenvalue weighted by molar-refractivity contribution is 4.66. The van der Waals surface area contributed by atoms with Gasteiger partial charge in [-0.2, -0.15) is 0 Å². The van der Waals surface area contributed by atoms with Crippen molar-refractivity contribution < 1.29 is 0 Å². The van der Waals surface area contributed by atoms with Gasteiger partial charge in [0, 0.05) is 26.2 Å². The van der Waals surface area contributed by atoms with Gasteiger partial charge in [0.15, 0.2) is 0 Å². The SMILES string of the molecule is CCN1CCCN1CC(C)C. The molecule has 66 valence electrons. The molecular formula is C9H20N2. The van der Waals surface area contributed by atoms with E-state index in [9.17, 15) is 0 Å². The molecule has 1 saturated heterocycles. The maximum absolute atomic E-state index is 2.49. The lowest BCUT2D eigenvalue weighted by Crippen LogP contribution is -2.38. The van der Waals surface area contributed by atoms with E-state index in [0.29, 0.717) is 0 Å². The van der Waals surface area contributed by atoms with Crippen molar-refractivity contribution in [3.8, 4) is 0 Å². The van der Waals surface area contributed by atoms with E-state index < -0.39 is 0 Å². The van der Waals surface area contributed by atoms with E-state index in [4.69, 9.17) is 0 Å². The summed E-state index contributed by atoms with van der Waals surface area (Å²) in [6.07, 6.45) is 1.35. The maximum atomic E-state index is 2.49. The molecule has 0 amide bonds. The van der Waals surface area contributed by atoms with Crippen LogP contribution in [0.1, 0.15) is 27.2 Å². The topological polar surface area (TPSA) is 6.48 Å². The fraction of sp³-hybridized carbons (Fsp3) is 1.00. The minimum atomic E-state index is 0.794. The van der Waals surface area contributed by atoms with Crippen molar-refractivity contribution in [2.75, 3.05) is 26.2 Å². The fourth-order valence-electron chi connectivity index (χ4n) is 1.70. The molecule has 0 atom stereocenters. The van der Waals surface area contributed by atoms with Crippen LogP contribution < -0.4 is 0 Å². The molecule has 0 aromatic carbocycles. The summed E-state index contributed by atoms with van der Waals surface area (Å²) in [5.41, 5.74) is 0. The Morgan fingerprint density at radius 2 is 1.82 bits per heavy atom. The minimum Gasteiger partial charge on any atom is -0.242 e. The Labute approximate surface area is 70.1 Å². The Balaban J connectivity index is 2.31. The highest BCUT2D eigenvalue weighted by Gasteiger charge is 2.19. The van der Waals surface area contributed by atoms with Gasteiger partial charge in [-0.15, -0.1) is 0 Å². The number of hydrogen-bond donors (Lipinski definition) is 0. The first-order valence-electron chi connectivity index (χ1n) is 4.73.